The summed E-state index contributed by atoms with van der Waals surface area (Å²) >= 11 is 3.57. The molecule has 1 aromatic carbocycles. The van der Waals surface area contributed by atoms with E-state index in [4.69, 9.17) is 5.73 Å². The Morgan fingerprint density at radius 3 is 2.94 bits per heavy atom. The second kappa shape index (κ2) is 5.93. The molecule has 1 heterocycles. The fraction of sp³-hybridized carbons (Fsp3) is 0.571. The molecule has 18 heavy (non-hydrogen) atoms. The van der Waals surface area contributed by atoms with Gasteiger partial charge in [0.1, 0.15) is 0 Å². The molecule has 1 aromatic rings. The molecule has 1 saturated heterocycles. The van der Waals surface area contributed by atoms with Crippen molar-refractivity contribution < 1.29 is 0 Å². The van der Waals surface area contributed by atoms with E-state index < -0.39 is 0 Å². The number of nitrogens with zero attached hydrogens (tertiary/aromatic N) is 1. The normalized spacial score (nSPS) is 20.9. The van der Waals surface area contributed by atoms with E-state index in [0.717, 1.165) is 28.0 Å². The van der Waals surface area contributed by atoms with E-state index in [-0.39, 0.29) is 0 Å². The number of halogens is 1. The van der Waals surface area contributed by atoms with Crippen LogP contribution < -0.4 is 11.1 Å². The molecule has 0 radical (unpaired) electrons. The number of likely N-dealkylation sites (N-methyl/N-ethyl adjacent to an activating group) is 1. The van der Waals surface area contributed by atoms with Gasteiger partial charge in [0, 0.05) is 28.4 Å². The van der Waals surface area contributed by atoms with Crippen LogP contribution in [0.2, 0.25) is 0 Å². The predicted octanol–water partition coefficient (Wildman–Crippen LogP) is 3.24. The third-order valence-electron chi connectivity index (χ3n) is 3.81. The van der Waals surface area contributed by atoms with E-state index >= 15 is 0 Å². The van der Waals surface area contributed by atoms with Crippen LogP contribution in [-0.4, -0.2) is 31.1 Å². The van der Waals surface area contributed by atoms with E-state index in [0.29, 0.717) is 6.04 Å². The van der Waals surface area contributed by atoms with Gasteiger partial charge in [-0.2, -0.15) is 0 Å². The third kappa shape index (κ3) is 3.18. The molecule has 0 bridgehead atoms. The van der Waals surface area contributed by atoms with Crippen LogP contribution in [0.5, 0.6) is 0 Å². The SMILES string of the molecule is Cc1cc(NCC2CCCCN2C)c(Br)cc1N. The van der Waals surface area contributed by atoms with Gasteiger partial charge < -0.3 is 16.0 Å². The van der Waals surface area contributed by atoms with Crippen molar-refractivity contribution in [1.82, 2.24) is 4.90 Å². The lowest BCUT2D eigenvalue weighted by atomic mass is 10.0. The molecule has 2 rings (SSSR count). The summed E-state index contributed by atoms with van der Waals surface area (Å²) in [6.45, 7) is 4.26. The van der Waals surface area contributed by atoms with Crippen LogP contribution >= 0.6 is 15.9 Å². The predicted molar refractivity (Wildman–Crippen MR) is 82.1 cm³/mol. The molecule has 0 aliphatic carbocycles. The van der Waals surface area contributed by atoms with Gasteiger partial charge in [0.2, 0.25) is 0 Å². The van der Waals surface area contributed by atoms with Crippen LogP contribution in [0.4, 0.5) is 11.4 Å². The molecule has 100 valence electrons. The van der Waals surface area contributed by atoms with Crippen molar-refractivity contribution in [2.45, 2.75) is 32.2 Å². The maximum Gasteiger partial charge on any atom is 0.0489 e. The Morgan fingerprint density at radius 2 is 2.22 bits per heavy atom. The van der Waals surface area contributed by atoms with Crippen molar-refractivity contribution in [3.05, 3.63) is 22.2 Å². The number of likely N-dealkylation sites (tertiary alicyclic amines) is 1. The number of nitrogens with two attached hydrogens (primary N) is 1. The van der Waals surface area contributed by atoms with Crippen molar-refractivity contribution in [3.8, 4) is 0 Å². The summed E-state index contributed by atoms with van der Waals surface area (Å²) < 4.78 is 1.05. The van der Waals surface area contributed by atoms with Gasteiger partial charge in [-0.3, -0.25) is 0 Å². The molecule has 1 atom stereocenters. The second-order valence-electron chi connectivity index (χ2n) is 5.20. The van der Waals surface area contributed by atoms with Crippen LogP contribution in [0.25, 0.3) is 0 Å². The Hall–Kier alpha value is -0.740. The number of nitrogen functional groups attached to an aromatic ring is 1. The highest BCUT2D eigenvalue weighted by Gasteiger charge is 2.18. The van der Waals surface area contributed by atoms with Crippen molar-refractivity contribution >= 4 is 27.3 Å². The lowest BCUT2D eigenvalue weighted by Crippen LogP contribution is -2.40. The van der Waals surface area contributed by atoms with Gasteiger partial charge in [-0.25, -0.2) is 0 Å². The molecule has 1 fully saturated rings. The van der Waals surface area contributed by atoms with Gasteiger partial charge in [-0.1, -0.05) is 6.42 Å². The highest BCUT2D eigenvalue weighted by molar-refractivity contribution is 9.10. The Balaban J connectivity index is 1.99. The minimum atomic E-state index is 0.642. The summed E-state index contributed by atoms with van der Waals surface area (Å²) in [7, 11) is 2.22. The van der Waals surface area contributed by atoms with Gasteiger partial charge in [0.15, 0.2) is 0 Å². The van der Waals surface area contributed by atoms with Crippen LogP contribution in [0.1, 0.15) is 24.8 Å². The first-order valence-electron chi connectivity index (χ1n) is 6.57. The zero-order chi connectivity index (χ0) is 13.1. The van der Waals surface area contributed by atoms with Crippen LogP contribution in [0.15, 0.2) is 16.6 Å². The monoisotopic (exact) mass is 311 g/mol. The first-order valence-corrected chi connectivity index (χ1v) is 7.37. The van der Waals surface area contributed by atoms with Gasteiger partial charge in [0.25, 0.3) is 0 Å². The summed E-state index contributed by atoms with van der Waals surface area (Å²) in [5, 5.41) is 3.54. The number of hydrogen-bond acceptors (Lipinski definition) is 3. The molecule has 0 aromatic heterocycles. The third-order valence-corrected chi connectivity index (χ3v) is 4.46. The Labute approximate surface area is 118 Å². The van der Waals surface area contributed by atoms with Crippen LogP contribution in [-0.2, 0) is 0 Å². The average molecular weight is 312 g/mol. The van der Waals surface area contributed by atoms with Gasteiger partial charge >= 0.3 is 0 Å². The van der Waals surface area contributed by atoms with E-state index in [9.17, 15) is 0 Å². The molecular weight excluding hydrogens is 290 g/mol. The number of anilines is 2. The number of piperidine rings is 1. The molecule has 0 saturated carbocycles. The molecule has 4 heteroatoms. The zero-order valence-corrected chi connectivity index (χ0v) is 12.8. The van der Waals surface area contributed by atoms with E-state index in [1.165, 1.54) is 25.8 Å². The first kappa shape index (κ1) is 13.7. The largest absolute Gasteiger partial charge is 0.398 e. The summed E-state index contributed by atoms with van der Waals surface area (Å²) in [6.07, 6.45) is 3.96. The van der Waals surface area contributed by atoms with Crippen molar-refractivity contribution in [3.63, 3.8) is 0 Å². The molecule has 1 unspecified atom stereocenters. The van der Waals surface area contributed by atoms with Gasteiger partial charge in [-0.05, 0) is 67.0 Å². The summed E-state index contributed by atoms with van der Waals surface area (Å²) in [4.78, 5) is 2.45. The fourth-order valence-electron chi connectivity index (χ4n) is 2.46. The first-order chi connectivity index (χ1) is 8.58. The maximum absolute atomic E-state index is 5.88. The Morgan fingerprint density at radius 1 is 1.44 bits per heavy atom. The molecule has 3 nitrogen and oxygen atoms in total. The second-order valence-corrected chi connectivity index (χ2v) is 6.05. The molecule has 1 aliphatic rings. The molecular formula is C14H22BrN3. The van der Waals surface area contributed by atoms with Gasteiger partial charge in [-0.15, -0.1) is 0 Å². The maximum atomic E-state index is 5.88. The summed E-state index contributed by atoms with van der Waals surface area (Å²) in [5.41, 5.74) is 8.98. The van der Waals surface area contributed by atoms with E-state index in [2.05, 4.69) is 39.3 Å². The van der Waals surface area contributed by atoms with Crippen molar-refractivity contribution in [2.24, 2.45) is 0 Å². The standard InChI is InChI=1S/C14H22BrN3/c1-10-7-14(12(15)8-13(10)16)17-9-11-5-3-4-6-18(11)2/h7-8,11,17H,3-6,9,16H2,1-2H3. The van der Waals surface area contributed by atoms with E-state index in [1.807, 2.05) is 13.0 Å². The number of benzene rings is 1. The molecule has 0 amide bonds. The fourth-order valence-corrected chi connectivity index (χ4v) is 2.96. The Bertz CT molecular complexity index is 420. The molecule has 3 N–H and O–H groups in total. The van der Waals surface area contributed by atoms with E-state index in [1.54, 1.807) is 0 Å². The lowest BCUT2D eigenvalue weighted by molar-refractivity contribution is 0.194. The number of aryl methyl sites for hydroxylation is 1. The summed E-state index contributed by atoms with van der Waals surface area (Å²) in [6, 6.07) is 4.73. The molecule has 0 spiro atoms. The van der Waals surface area contributed by atoms with Crippen LogP contribution in [0, 0.1) is 6.92 Å². The average Bonchev–Trinajstić information content (AvgIpc) is 2.34. The zero-order valence-electron chi connectivity index (χ0n) is 11.2. The number of nitrogens with one attached hydrogen (secondary N) is 1. The minimum Gasteiger partial charge on any atom is -0.398 e. The number of hydrogen-bond donors (Lipinski definition) is 2. The lowest BCUT2D eigenvalue weighted by Gasteiger charge is -2.32. The highest BCUT2D eigenvalue weighted by atomic mass is 79.9. The Kier molecular flexibility index (Phi) is 4.51. The topological polar surface area (TPSA) is 41.3 Å². The quantitative estimate of drug-likeness (QED) is 0.842. The minimum absolute atomic E-state index is 0.642. The van der Waals surface area contributed by atoms with Crippen molar-refractivity contribution in [1.29, 1.82) is 0 Å². The summed E-state index contributed by atoms with van der Waals surface area (Å²) in [5.74, 6) is 0. The molecule has 1 aliphatic heterocycles. The van der Waals surface area contributed by atoms with Crippen molar-refractivity contribution in [2.75, 3.05) is 31.2 Å². The van der Waals surface area contributed by atoms with Gasteiger partial charge in [0.05, 0.1) is 0 Å². The number of rotatable bonds is 3. The van der Waals surface area contributed by atoms with Crippen LogP contribution in [0.3, 0.4) is 0 Å². The smallest absolute Gasteiger partial charge is 0.0489 e. The highest BCUT2D eigenvalue weighted by Crippen LogP contribution is 2.28.